The van der Waals surface area contributed by atoms with Gasteiger partial charge in [0.25, 0.3) is 0 Å². The lowest BCUT2D eigenvalue weighted by Gasteiger charge is -2.23. The van der Waals surface area contributed by atoms with Crippen molar-refractivity contribution in [3.05, 3.63) is 0 Å². The molecule has 0 rings (SSSR count). The van der Waals surface area contributed by atoms with Crippen LogP contribution in [0.5, 0.6) is 0 Å². The van der Waals surface area contributed by atoms with E-state index in [0.717, 1.165) is 19.6 Å². The number of unbranched alkanes of at least 4 members (excludes halogenated alkanes) is 2. The smallest absolute Gasteiger partial charge is 0.143 e. The van der Waals surface area contributed by atoms with Gasteiger partial charge in [0.2, 0.25) is 0 Å². The second-order valence-electron chi connectivity index (χ2n) is 4.03. The first-order valence-electron chi connectivity index (χ1n) is 5.85. The molecule has 0 saturated heterocycles. The first-order chi connectivity index (χ1) is 7.15. The van der Waals surface area contributed by atoms with E-state index in [1.165, 1.54) is 19.3 Å². The van der Waals surface area contributed by atoms with Crippen molar-refractivity contribution < 1.29 is 5.21 Å². The number of rotatable bonds is 8. The lowest BCUT2D eigenvalue weighted by Crippen LogP contribution is -2.35. The zero-order chi connectivity index (χ0) is 11.7. The van der Waals surface area contributed by atoms with Crippen LogP contribution in [0.25, 0.3) is 0 Å². The van der Waals surface area contributed by atoms with Crippen LogP contribution in [0.3, 0.4) is 0 Å². The third kappa shape index (κ3) is 6.33. The molecule has 90 valence electrons. The molecule has 0 spiro atoms. The van der Waals surface area contributed by atoms with Crippen molar-refractivity contribution in [1.82, 2.24) is 4.90 Å². The van der Waals surface area contributed by atoms with Crippen molar-refractivity contribution >= 4 is 5.84 Å². The molecule has 0 aromatic carbocycles. The van der Waals surface area contributed by atoms with Gasteiger partial charge in [-0.05, 0) is 19.5 Å². The fourth-order valence-electron chi connectivity index (χ4n) is 1.54. The van der Waals surface area contributed by atoms with E-state index in [4.69, 9.17) is 10.9 Å². The summed E-state index contributed by atoms with van der Waals surface area (Å²) in [5.74, 6) is 0.445. The monoisotopic (exact) mass is 215 g/mol. The van der Waals surface area contributed by atoms with E-state index in [2.05, 4.69) is 23.9 Å². The second-order valence-corrected chi connectivity index (χ2v) is 4.03. The Morgan fingerprint density at radius 3 is 2.53 bits per heavy atom. The highest BCUT2D eigenvalue weighted by Gasteiger charge is 2.11. The van der Waals surface area contributed by atoms with E-state index < -0.39 is 0 Å². The van der Waals surface area contributed by atoms with Crippen molar-refractivity contribution in [1.29, 1.82) is 0 Å². The minimum Gasteiger partial charge on any atom is -0.409 e. The molecular formula is C11H25N3O. The molecule has 0 radical (unpaired) electrons. The summed E-state index contributed by atoms with van der Waals surface area (Å²) < 4.78 is 0. The van der Waals surface area contributed by atoms with Gasteiger partial charge in [-0.15, -0.1) is 0 Å². The van der Waals surface area contributed by atoms with Crippen LogP contribution in [-0.4, -0.2) is 35.6 Å². The molecule has 0 saturated carbocycles. The molecule has 0 aliphatic rings. The fourth-order valence-corrected chi connectivity index (χ4v) is 1.54. The topological polar surface area (TPSA) is 61.8 Å². The van der Waals surface area contributed by atoms with E-state index in [0.29, 0.717) is 5.84 Å². The van der Waals surface area contributed by atoms with Crippen LogP contribution in [0.2, 0.25) is 0 Å². The molecule has 0 fully saturated rings. The summed E-state index contributed by atoms with van der Waals surface area (Å²) in [4.78, 5) is 2.35. The molecule has 0 aliphatic carbocycles. The molecule has 1 atom stereocenters. The molecule has 15 heavy (non-hydrogen) atoms. The molecule has 4 heteroatoms. The lowest BCUT2D eigenvalue weighted by molar-refractivity contribution is 0.260. The first kappa shape index (κ1) is 14.2. The Labute approximate surface area is 93.1 Å². The summed E-state index contributed by atoms with van der Waals surface area (Å²) in [6.07, 6.45) is 3.75. The zero-order valence-electron chi connectivity index (χ0n) is 10.2. The second kappa shape index (κ2) is 8.53. The van der Waals surface area contributed by atoms with E-state index in [-0.39, 0.29) is 5.92 Å². The highest BCUT2D eigenvalue weighted by molar-refractivity contribution is 5.82. The summed E-state index contributed by atoms with van der Waals surface area (Å²) in [5.41, 5.74) is 5.55. The summed E-state index contributed by atoms with van der Waals surface area (Å²) in [5, 5.41) is 11.6. The SMILES string of the molecule is CCCCCN(CC)CC(C)C(N)=NO. The van der Waals surface area contributed by atoms with Crippen LogP contribution in [0.1, 0.15) is 40.0 Å². The Morgan fingerprint density at radius 1 is 1.40 bits per heavy atom. The highest BCUT2D eigenvalue weighted by atomic mass is 16.4. The van der Waals surface area contributed by atoms with Gasteiger partial charge < -0.3 is 15.8 Å². The summed E-state index contributed by atoms with van der Waals surface area (Å²) in [7, 11) is 0. The standard InChI is InChI=1S/C11H25N3O/c1-4-6-7-8-14(5-2)9-10(3)11(12)13-15/h10,15H,4-9H2,1-3H3,(H2,12,13). The van der Waals surface area contributed by atoms with Crippen molar-refractivity contribution in [2.45, 2.75) is 40.0 Å². The van der Waals surface area contributed by atoms with E-state index >= 15 is 0 Å². The quantitative estimate of drug-likeness (QED) is 0.214. The van der Waals surface area contributed by atoms with Gasteiger partial charge in [-0.1, -0.05) is 38.8 Å². The minimum atomic E-state index is 0.122. The number of oxime groups is 1. The molecule has 3 N–H and O–H groups in total. The number of amidine groups is 1. The Bertz CT molecular complexity index is 183. The van der Waals surface area contributed by atoms with Crippen LogP contribution >= 0.6 is 0 Å². The predicted molar refractivity (Wildman–Crippen MR) is 64.2 cm³/mol. The van der Waals surface area contributed by atoms with Gasteiger partial charge in [-0.2, -0.15) is 0 Å². The zero-order valence-corrected chi connectivity index (χ0v) is 10.2. The van der Waals surface area contributed by atoms with Crippen molar-refractivity contribution in [3.63, 3.8) is 0 Å². The van der Waals surface area contributed by atoms with E-state index in [9.17, 15) is 0 Å². The van der Waals surface area contributed by atoms with Crippen LogP contribution < -0.4 is 5.73 Å². The average Bonchev–Trinajstić information content (AvgIpc) is 2.26. The predicted octanol–water partition coefficient (Wildman–Crippen LogP) is 1.88. The number of nitrogens with two attached hydrogens (primary N) is 1. The third-order valence-electron chi connectivity index (χ3n) is 2.68. The lowest BCUT2D eigenvalue weighted by atomic mass is 10.1. The van der Waals surface area contributed by atoms with Crippen molar-refractivity contribution in [3.8, 4) is 0 Å². The first-order valence-corrected chi connectivity index (χ1v) is 5.85. The molecule has 0 bridgehead atoms. The Hall–Kier alpha value is -0.770. The van der Waals surface area contributed by atoms with Crippen molar-refractivity contribution in [2.24, 2.45) is 16.8 Å². The maximum absolute atomic E-state index is 8.55. The van der Waals surface area contributed by atoms with E-state index in [1.54, 1.807) is 0 Å². The van der Waals surface area contributed by atoms with Gasteiger partial charge in [0.1, 0.15) is 5.84 Å². The number of nitrogens with zero attached hydrogens (tertiary/aromatic N) is 2. The maximum atomic E-state index is 8.55. The molecule has 0 aliphatic heterocycles. The van der Waals surface area contributed by atoms with Gasteiger partial charge in [0.05, 0.1) is 0 Å². The van der Waals surface area contributed by atoms with Crippen molar-refractivity contribution in [2.75, 3.05) is 19.6 Å². The summed E-state index contributed by atoms with van der Waals surface area (Å²) in [6, 6.07) is 0. The van der Waals surface area contributed by atoms with Gasteiger partial charge in [0, 0.05) is 12.5 Å². The normalized spacial score (nSPS) is 14.5. The molecular weight excluding hydrogens is 190 g/mol. The molecule has 1 unspecified atom stereocenters. The van der Waals surface area contributed by atoms with Crippen LogP contribution in [0.15, 0.2) is 5.16 Å². The van der Waals surface area contributed by atoms with Gasteiger partial charge in [-0.25, -0.2) is 0 Å². The molecule has 0 amide bonds. The molecule has 0 aromatic rings. The van der Waals surface area contributed by atoms with Gasteiger partial charge in [0.15, 0.2) is 0 Å². The number of hydrogen-bond acceptors (Lipinski definition) is 3. The Balaban J connectivity index is 3.87. The maximum Gasteiger partial charge on any atom is 0.143 e. The van der Waals surface area contributed by atoms with Gasteiger partial charge in [-0.3, -0.25) is 0 Å². The largest absolute Gasteiger partial charge is 0.409 e. The van der Waals surface area contributed by atoms with Crippen LogP contribution in [0, 0.1) is 5.92 Å². The summed E-state index contributed by atoms with van der Waals surface area (Å²) in [6.45, 7) is 9.33. The van der Waals surface area contributed by atoms with Crippen LogP contribution in [-0.2, 0) is 0 Å². The third-order valence-corrected chi connectivity index (χ3v) is 2.68. The van der Waals surface area contributed by atoms with E-state index in [1.807, 2.05) is 6.92 Å². The number of hydrogen-bond donors (Lipinski definition) is 2. The Morgan fingerprint density at radius 2 is 2.07 bits per heavy atom. The average molecular weight is 215 g/mol. The molecule has 0 heterocycles. The Kier molecular flexibility index (Phi) is 8.09. The summed E-state index contributed by atoms with van der Waals surface area (Å²) >= 11 is 0. The molecule has 0 aromatic heterocycles. The highest BCUT2D eigenvalue weighted by Crippen LogP contribution is 2.03. The minimum absolute atomic E-state index is 0.122. The van der Waals surface area contributed by atoms with Gasteiger partial charge >= 0.3 is 0 Å². The molecule has 4 nitrogen and oxygen atoms in total. The fraction of sp³-hybridized carbons (Fsp3) is 0.909. The van der Waals surface area contributed by atoms with Crippen LogP contribution in [0.4, 0.5) is 0 Å².